The zero-order valence-electron chi connectivity index (χ0n) is 47.3. The number of pyridine rings is 1. The number of furan rings is 4. The van der Waals surface area contributed by atoms with Crippen LogP contribution in [0.15, 0.2) is 254 Å². The van der Waals surface area contributed by atoms with Crippen molar-refractivity contribution in [2.75, 3.05) is 0 Å². The predicted octanol–water partition coefficient (Wildman–Crippen LogP) is 20.2. The molecular weight excluding hydrogens is 1110 g/mol. The van der Waals surface area contributed by atoms with Crippen LogP contribution in [0.1, 0.15) is 11.1 Å². The Labute approximate surface area is 506 Å². The summed E-state index contributed by atoms with van der Waals surface area (Å²) < 4.78 is 36.4. The third-order valence-electron chi connectivity index (χ3n) is 19.1. The molecule has 0 radical (unpaired) electrons. The van der Waals surface area contributed by atoms with E-state index in [1.165, 1.54) is 0 Å². The van der Waals surface area contributed by atoms with E-state index in [9.17, 15) is 10.5 Å². The Morgan fingerprint density at radius 3 is 1.07 bits per heavy atom. The highest BCUT2D eigenvalue weighted by molar-refractivity contribution is 6.28. The molecule has 9 heterocycles. The fourth-order valence-electron chi connectivity index (χ4n) is 15.5. The third-order valence-corrected chi connectivity index (χ3v) is 19.1. The highest BCUT2D eigenvalue weighted by Gasteiger charge is 2.38. The highest BCUT2D eigenvalue weighted by atomic mass is 16.3. The molecule has 414 valence electrons. The lowest BCUT2D eigenvalue weighted by atomic mass is 9.98. The number of benzene rings is 12. The molecule has 0 saturated carbocycles. The van der Waals surface area contributed by atoms with Crippen molar-refractivity contribution in [3.05, 3.63) is 248 Å². The van der Waals surface area contributed by atoms with Gasteiger partial charge in [0.2, 0.25) is 0 Å². The van der Waals surface area contributed by atoms with Crippen LogP contribution in [0.2, 0.25) is 0 Å². The van der Waals surface area contributed by atoms with E-state index < -0.39 is 0 Å². The SMILES string of the molecule is N#Cc1c(-n2c3ccccc3c3c4oc5ccccc5c4ccc32)c(-n2c3ccccc3c3c4oc5ccccc5c4ccc32)c(C#N)c(-[n+]2cccc3c4c(ccc5c6ccccc6oc54)[nH]c32)c1-n1c2ccccc2c2c3oc4ccccc4c3ccc21. The van der Waals surface area contributed by atoms with Gasteiger partial charge in [0.15, 0.2) is 5.69 Å². The Morgan fingerprint density at radius 1 is 0.300 bits per heavy atom. The zero-order valence-corrected chi connectivity index (χ0v) is 47.3. The third kappa shape index (κ3) is 5.84. The van der Waals surface area contributed by atoms with Gasteiger partial charge in [-0.3, -0.25) is 0 Å². The van der Waals surface area contributed by atoms with Crippen molar-refractivity contribution < 1.29 is 22.2 Å². The lowest BCUT2D eigenvalue weighted by Crippen LogP contribution is -2.35. The molecule has 0 aliphatic carbocycles. The summed E-state index contributed by atoms with van der Waals surface area (Å²) in [5.74, 6) is 0. The standard InChI is InChI=1S/C79H39N7O4/c80-40-54-71(83-39-15-23-53-67-56(82-79(53)83)35-31-46-42-16-4-11-27-63(42)87-75(46)67)72(84-57-24-8-1-20-50(57)68-60(84)36-32-47-43-17-5-12-28-64(43)88-76(47)68)55(41-81)74(86-59-26-10-3-22-52(59)70-62(86)38-34-49-45-19-7-14-30-66(45)90-78(49)70)73(54)85-58-25-9-2-21-51(58)69-61(85)37-33-48-44-18-6-13-29-65(44)89-77(48)69/h1-39H/p+1. The molecule has 90 heavy (non-hydrogen) atoms. The number of hydrogen-bond acceptors (Lipinski definition) is 6. The summed E-state index contributed by atoms with van der Waals surface area (Å²) in [7, 11) is 0. The van der Waals surface area contributed by atoms with E-state index in [-0.39, 0.29) is 0 Å². The zero-order chi connectivity index (χ0) is 58.8. The van der Waals surface area contributed by atoms with Gasteiger partial charge in [-0.2, -0.15) is 15.1 Å². The molecule has 11 heteroatoms. The molecule has 21 aromatic rings. The Bertz CT molecular complexity index is 6960. The van der Waals surface area contributed by atoms with Crippen molar-refractivity contribution in [3.8, 4) is 34.9 Å². The average Bonchev–Trinajstić information content (AvgIpc) is 1.45. The van der Waals surface area contributed by atoms with Crippen molar-refractivity contribution in [1.29, 1.82) is 10.5 Å². The number of fused-ring (bicyclic) bond motifs is 28. The van der Waals surface area contributed by atoms with Gasteiger partial charge in [0.1, 0.15) is 79.1 Å². The molecule has 0 saturated heterocycles. The lowest BCUT2D eigenvalue weighted by molar-refractivity contribution is -0.569. The van der Waals surface area contributed by atoms with Gasteiger partial charge < -0.3 is 31.4 Å². The summed E-state index contributed by atoms with van der Waals surface area (Å²) in [6.45, 7) is 0. The van der Waals surface area contributed by atoms with E-state index in [1.807, 2.05) is 121 Å². The Hall–Kier alpha value is -12.8. The molecule has 9 aromatic heterocycles. The molecule has 11 nitrogen and oxygen atoms in total. The first-order valence-electron chi connectivity index (χ1n) is 29.9. The van der Waals surface area contributed by atoms with Gasteiger partial charge in [0.25, 0.3) is 5.65 Å². The first-order valence-corrected chi connectivity index (χ1v) is 29.9. The van der Waals surface area contributed by atoms with E-state index in [1.54, 1.807) is 0 Å². The van der Waals surface area contributed by atoms with Gasteiger partial charge in [0.05, 0.1) is 77.6 Å². The number of rotatable bonds is 4. The molecule has 0 bridgehead atoms. The summed E-state index contributed by atoms with van der Waals surface area (Å²) in [6.07, 6.45) is 2.01. The van der Waals surface area contributed by atoms with Gasteiger partial charge in [-0.15, -0.1) is 0 Å². The number of nitrogens with one attached hydrogen (secondary N) is 1. The molecule has 0 unspecified atom stereocenters. The van der Waals surface area contributed by atoms with Crippen LogP contribution in [0, 0.1) is 22.7 Å². The molecule has 0 spiro atoms. The summed E-state index contributed by atoms with van der Waals surface area (Å²) in [5, 5.41) is 41.2. The Morgan fingerprint density at radius 2 is 0.644 bits per heavy atom. The minimum Gasteiger partial charge on any atom is -0.455 e. The van der Waals surface area contributed by atoms with Crippen molar-refractivity contribution in [2.45, 2.75) is 0 Å². The van der Waals surface area contributed by atoms with Crippen molar-refractivity contribution >= 4 is 175 Å². The summed E-state index contributed by atoms with van der Waals surface area (Å²) in [6, 6.07) is 84.5. The second-order valence-corrected chi connectivity index (χ2v) is 23.5. The number of nitriles is 2. The van der Waals surface area contributed by atoms with E-state index >= 15 is 0 Å². The summed E-state index contributed by atoms with van der Waals surface area (Å²) in [4.78, 5) is 3.87. The largest absolute Gasteiger partial charge is 0.455 e. The highest BCUT2D eigenvalue weighted by Crippen LogP contribution is 2.51. The van der Waals surface area contributed by atoms with Crippen LogP contribution < -0.4 is 4.57 Å². The first-order chi connectivity index (χ1) is 44.6. The maximum Gasteiger partial charge on any atom is 0.293 e. The molecule has 12 aromatic carbocycles. The van der Waals surface area contributed by atoms with Crippen LogP contribution in [0.25, 0.3) is 198 Å². The smallest absolute Gasteiger partial charge is 0.293 e. The minimum absolute atomic E-state index is 0.294. The van der Waals surface area contributed by atoms with Gasteiger partial charge in [-0.1, -0.05) is 127 Å². The van der Waals surface area contributed by atoms with E-state index in [4.69, 9.17) is 17.7 Å². The fourth-order valence-corrected chi connectivity index (χ4v) is 15.5. The molecule has 0 aliphatic rings. The van der Waals surface area contributed by atoms with Gasteiger partial charge in [-0.05, 0) is 103 Å². The van der Waals surface area contributed by atoms with Crippen molar-refractivity contribution in [1.82, 2.24) is 18.7 Å². The molecule has 1 N–H and O–H groups in total. The van der Waals surface area contributed by atoms with Crippen molar-refractivity contribution in [3.63, 3.8) is 0 Å². The van der Waals surface area contributed by atoms with Crippen LogP contribution in [-0.4, -0.2) is 18.7 Å². The van der Waals surface area contributed by atoms with Crippen LogP contribution in [0.5, 0.6) is 0 Å². The summed E-state index contributed by atoms with van der Waals surface area (Å²) >= 11 is 0. The van der Waals surface area contributed by atoms with Gasteiger partial charge in [0, 0.05) is 59.2 Å². The predicted molar refractivity (Wildman–Crippen MR) is 359 cm³/mol. The van der Waals surface area contributed by atoms with E-state index in [0.717, 1.165) is 169 Å². The second-order valence-electron chi connectivity index (χ2n) is 23.5. The monoisotopic (exact) mass is 1150 g/mol. The van der Waals surface area contributed by atoms with Crippen LogP contribution in [-0.2, 0) is 0 Å². The molecular formula is C79H40N7O4+. The number of nitrogens with zero attached hydrogens (tertiary/aromatic N) is 6. The maximum absolute atomic E-state index is 13.1. The maximum atomic E-state index is 13.1. The normalized spacial score (nSPS) is 12.4. The summed E-state index contributed by atoms with van der Waals surface area (Å²) in [5.41, 5.74) is 14.9. The Balaban J connectivity index is 1.02. The lowest BCUT2D eigenvalue weighted by Gasteiger charge is -2.25. The van der Waals surface area contributed by atoms with E-state index in [0.29, 0.717) is 39.5 Å². The molecule has 0 atom stereocenters. The van der Waals surface area contributed by atoms with E-state index in [2.05, 4.69) is 151 Å². The first kappa shape index (κ1) is 47.4. The van der Waals surface area contributed by atoms with Gasteiger partial charge in [-0.25, -0.2) is 4.98 Å². The number of para-hydroxylation sites is 7. The number of aromatic amines is 1. The number of hydrogen-bond donors (Lipinski definition) is 1. The van der Waals surface area contributed by atoms with Crippen LogP contribution in [0.3, 0.4) is 0 Å². The fraction of sp³-hybridized carbons (Fsp3) is 0. The average molecular weight is 1150 g/mol. The van der Waals surface area contributed by atoms with Crippen LogP contribution >= 0.6 is 0 Å². The van der Waals surface area contributed by atoms with Crippen molar-refractivity contribution in [2.24, 2.45) is 0 Å². The molecule has 0 aliphatic heterocycles. The molecule has 0 amide bonds. The Kier molecular flexibility index (Phi) is 8.95. The molecule has 21 rings (SSSR count). The molecule has 0 fully saturated rings. The number of aromatic nitrogens is 5. The van der Waals surface area contributed by atoms with Gasteiger partial charge >= 0.3 is 0 Å². The quantitative estimate of drug-likeness (QED) is 0.174. The topological polar surface area (TPSA) is 135 Å². The number of H-pyrrole nitrogens is 1. The van der Waals surface area contributed by atoms with Crippen LogP contribution in [0.4, 0.5) is 0 Å². The second kappa shape index (κ2) is 17.0. The minimum atomic E-state index is 0.294.